The molecule has 0 amide bonds. The Hall–Kier alpha value is -2.92. The maximum absolute atomic E-state index is 12.6. The minimum atomic E-state index is -0.102. The lowest BCUT2D eigenvalue weighted by Gasteiger charge is -2.02. The number of aromatic nitrogens is 2. The van der Waals surface area contributed by atoms with E-state index in [-0.39, 0.29) is 11.3 Å². The SMILES string of the molecule is Cc1c(-c2ccccc2)sc2nc(Cc3ccc(O)cc3)[nH]c(=O)c12. The lowest BCUT2D eigenvalue weighted by Crippen LogP contribution is -2.11. The number of thiophene rings is 1. The van der Waals surface area contributed by atoms with Crippen LogP contribution in [0.4, 0.5) is 0 Å². The maximum atomic E-state index is 12.6. The van der Waals surface area contributed by atoms with E-state index in [9.17, 15) is 9.90 Å². The van der Waals surface area contributed by atoms with Gasteiger partial charge in [0, 0.05) is 11.3 Å². The molecule has 0 spiro atoms. The third-order valence-electron chi connectivity index (χ3n) is 4.19. The second kappa shape index (κ2) is 6.18. The molecule has 0 unspecified atom stereocenters. The molecule has 4 rings (SSSR count). The summed E-state index contributed by atoms with van der Waals surface area (Å²) in [6.45, 7) is 1.97. The molecule has 0 aliphatic rings. The van der Waals surface area contributed by atoms with Crippen molar-refractivity contribution in [2.45, 2.75) is 13.3 Å². The Bertz CT molecular complexity index is 1100. The summed E-state index contributed by atoms with van der Waals surface area (Å²) in [6, 6.07) is 17.0. The van der Waals surface area contributed by atoms with E-state index < -0.39 is 0 Å². The van der Waals surface area contributed by atoms with Crippen LogP contribution in [0.2, 0.25) is 0 Å². The number of phenols is 1. The average Bonchev–Trinajstić information content (AvgIpc) is 2.95. The summed E-state index contributed by atoms with van der Waals surface area (Å²) in [5.41, 5.74) is 2.95. The molecule has 2 aromatic heterocycles. The van der Waals surface area contributed by atoms with Crippen LogP contribution >= 0.6 is 11.3 Å². The number of benzene rings is 2. The van der Waals surface area contributed by atoms with E-state index >= 15 is 0 Å². The maximum Gasteiger partial charge on any atom is 0.259 e. The molecule has 4 nitrogen and oxygen atoms in total. The van der Waals surface area contributed by atoms with Crippen LogP contribution in [-0.4, -0.2) is 15.1 Å². The number of H-pyrrole nitrogens is 1. The Labute approximate surface area is 148 Å². The van der Waals surface area contributed by atoms with Gasteiger partial charge in [-0.05, 0) is 35.7 Å². The Kier molecular flexibility index (Phi) is 3.86. The van der Waals surface area contributed by atoms with Crippen LogP contribution in [-0.2, 0) is 6.42 Å². The second-order valence-electron chi connectivity index (χ2n) is 5.96. The van der Waals surface area contributed by atoms with Crippen LogP contribution < -0.4 is 5.56 Å². The van der Waals surface area contributed by atoms with Gasteiger partial charge >= 0.3 is 0 Å². The summed E-state index contributed by atoms with van der Waals surface area (Å²) < 4.78 is 0. The van der Waals surface area contributed by atoms with Gasteiger partial charge in [0.15, 0.2) is 0 Å². The van der Waals surface area contributed by atoms with Gasteiger partial charge < -0.3 is 10.1 Å². The highest BCUT2D eigenvalue weighted by Gasteiger charge is 2.15. The Balaban J connectivity index is 1.79. The van der Waals surface area contributed by atoms with Crippen molar-refractivity contribution in [1.82, 2.24) is 9.97 Å². The summed E-state index contributed by atoms with van der Waals surface area (Å²) in [4.78, 5) is 22.0. The molecule has 25 heavy (non-hydrogen) atoms. The molecule has 0 saturated heterocycles. The van der Waals surface area contributed by atoms with Gasteiger partial charge in [-0.15, -0.1) is 11.3 Å². The minimum absolute atomic E-state index is 0.102. The molecular weight excluding hydrogens is 332 g/mol. The third-order valence-corrected chi connectivity index (χ3v) is 5.43. The number of fused-ring (bicyclic) bond motifs is 1. The van der Waals surface area contributed by atoms with Crippen molar-refractivity contribution in [3.8, 4) is 16.2 Å². The van der Waals surface area contributed by atoms with Gasteiger partial charge in [-0.1, -0.05) is 42.5 Å². The van der Waals surface area contributed by atoms with Crippen molar-refractivity contribution in [2.24, 2.45) is 0 Å². The molecule has 0 aliphatic heterocycles. The zero-order valence-corrected chi connectivity index (χ0v) is 14.4. The van der Waals surface area contributed by atoms with Crippen molar-refractivity contribution in [3.63, 3.8) is 0 Å². The van der Waals surface area contributed by atoms with Crippen molar-refractivity contribution < 1.29 is 5.11 Å². The predicted octanol–water partition coefficient (Wildman–Crippen LogP) is 4.26. The largest absolute Gasteiger partial charge is 0.508 e. The Morgan fingerprint density at radius 2 is 1.80 bits per heavy atom. The van der Waals surface area contributed by atoms with E-state index in [1.165, 1.54) is 0 Å². The highest BCUT2D eigenvalue weighted by atomic mass is 32.1. The fourth-order valence-electron chi connectivity index (χ4n) is 2.94. The first-order valence-electron chi connectivity index (χ1n) is 7.97. The highest BCUT2D eigenvalue weighted by Crippen LogP contribution is 2.35. The number of aromatic hydroxyl groups is 1. The smallest absolute Gasteiger partial charge is 0.259 e. The van der Waals surface area contributed by atoms with E-state index in [1.54, 1.807) is 23.5 Å². The molecular formula is C20H16N2O2S. The number of hydrogen-bond donors (Lipinski definition) is 2. The normalized spacial score (nSPS) is 11.1. The molecule has 0 fully saturated rings. The zero-order valence-electron chi connectivity index (χ0n) is 13.6. The summed E-state index contributed by atoms with van der Waals surface area (Å²) in [7, 11) is 0. The van der Waals surface area contributed by atoms with Crippen LogP contribution in [0.15, 0.2) is 59.4 Å². The van der Waals surface area contributed by atoms with Crippen molar-refractivity contribution in [3.05, 3.63) is 81.9 Å². The Morgan fingerprint density at radius 1 is 1.08 bits per heavy atom. The summed E-state index contributed by atoms with van der Waals surface area (Å²) >= 11 is 1.55. The molecule has 0 bridgehead atoms. The third kappa shape index (κ3) is 2.94. The van der Waals surface area contributed by atoms with E-state index in [2.05, 4.69) is 9.97 Å². The molecule has 2 aromatic carbocycles. The van der Waals surface area contributed by atoms with Gasteiger partial charge in [0.1, 0.15) is 16.4 Å². The van der Waals surface area contributed by atoms with Crippen LogP contribution in [0.1, 0.15) is 17.0 Å². The lowest BCUT2D eigenvalue weighted by molar-refractivity contribution is 0.475. The molecule has 2 N–H and O–H groups in total. The predicted molar refractivity (Wildman–Crippen MR) is 101 cm³/mol. The fourth-order valence-corrected chi connectivity index (χ4v) is 4.15. The first kappa shape index (κ1) is 15.6. The number of aryl methyl sites for hydroxylation is 1. The molecule has 0 aliphatic carbocycles. The monoisotopic (exact) mass is 348 g/mol. The first-order valence-corrected chi connectivity index (χ1v) is 8.79. The number of nitrogens with zero attached hydrogens (tertiary/aromatic N) is 1. The quantitative estimate of drug-likeness (QED) is 0.581. The van der Waals surface area contributed by atoms with Crippen LogP contribution in [0, 0.1) is 6.92 Å². The van der Waals surface area contributed by atoms with Gasteiger partial charge in [0.2, 0.25) is 0 Å². The van der Waals surface area contributed by atoms with E-state index in [1.807, 2.05) is 49.4 Å². The van der Waals surface area contributed by atoms with Crippen LogP contribution in [0.25, 0.3) is 20.7 Å². The van der Waals surface area contributed by atoms with Crippen molar-refractivity contribution in [2.75, 3.05) is 0 Å². The van der Waals surface area contributed by atoms with Gasteiger partial charge in [-0.2, -0.15) is 0 Å². The minimum Gasteiger partial charge on any atom is -0.508 e. The first-order chi connectivity index (χ1) is 12.1. The lowest BCUT2D eigenvalue weighted by atomic mass is 10.1. The van der Waals surface area contributed by atoms with E-state index in [4.69, 9.17) is 0 Å². The fraction of sp³-hybridized carbons (Fsp3) is 0.100. The van der Waals surface area contributed by atoms with E-state index in [0.29, 0.717) is 17.6 Å². The number of aromatic amines is 1. The number of phenolic OH excluding ortho intramolecular Hbond substituents is 1. The molecule has 2 heterocycles. The number of nitrogens with one attached hydrogen (secondary N) is 1. The second-order valence-corrected chi connectivity index (χ2v) is 6.96. The topological polar surface area (TPSA) is 66.0 Å². The number of rotatable bonds is 3. The van der Waals surface area contributed by atoms with Gasteiger partial charge in [-0.25, -0.2) is 4.98 Å². The molecule has 5 heteroatoms. The van der Waals surface area contributed by atoms with Crippen molar-refractivity contribution >= 4 is 21.6 Å². The molecule has 124 valence electrons. The highest BCUT2D eigenvalue weighted by molar-refractivity contribution is 7.22. The molecule has 4 aromatic rings. The van der Waals surface area contributed by atoms with Crippen molar-refractivity contribution in [1.29, 1.82) is 0 Å². The standard InChI is InChI=1S/C20H16N2O2S/c1-12-17-19(24)21-16(11-13-7-9-15(23)10-8-13)22-20(17)25-18(12)14-5-3-2-4-6-14/h2-10,23H,11H2,1H3,(H,21,22,24). The summed E-state index contributed by atoms with van der Waals surface area (Å²) in [5.74, 6) is 0.853. The molecule has 0 atom stereocenters. The zero-order chi connectivity index (χ0) is 17.4. The van der Waals surface area contributed by atoms with Gasteiger partial charge in [0.05, 0.1) is 5.39 Å². The van der Waals surface area contributed by atoms with E-state index in [0.717, 1.165) is 26.4 Å². The molecule has 0 saturated carbocycles. The Morgan fingerprint density at radius 3 is 2.52 bits per heavy atom. The van der Waals surface area contributed by atoms with Gasteiger partial charge in [0.25, 0.3) is 5.56 Å². The van der Waals surface area contributed by atoms with Crippen LogP contribution in [0.5, 0.6) is 5.75 Å². The summed E-state index contributed by atoms with van der Waals surface area (Å²) in [5, 5.41) is 10.0. The summed E-state index contributed by atoms with van der Waals surface area (Å²) in [6.07, 6.45) is 0.517. The molecule has 0 radical (unpaired) electrons. The van der Waals surface area contributed by atoms with Crippen LogP contribution in [0.3, 0.4) is 0 Å². The van der Waals surface area contributed by atoms with Gasteiger partial charge in [-0.3, -0.25) is 4.79 Å². The number of hydrogen-bond acceptors (Lipinski definition) is 4. The average molecular weight is 348 g/mol.